The van der Waals surface area contributed by atoms with E-state index in [4.69, 9.17) is 0 Å². The topological polar surface area (TPSA) is 79.5 Å². The van der Waals surface area contributed by atoms with E-state index in [9.17, 15) is 19.8 Å². The fraction of sp³-hybridized carbons (Fsp3) is 0.200. The minimum absolute atomic E-state index is 0.0685. The van der Waals surface area contributed by atoms with Crippen LogP contribution in [0.2, 0.25) is 0 Å². The summed E-state index contributed by atoms with van der Waals surface area (Å²) < 4.78 is 1.22. The number of phenols is 1. The number of carbonyl (C=O) groups is 1. The van der Waals surface area contributed by atoms with Gasteiger partial charge in [-0.3, -0.25) is 14.2 Å². The summed E-state index contributed by atoms with van der Waals surface area (Å²) in [5, 5.41) is 19.7. The molecule has 0 fully saturated rings. The molecule has 1 aromatic heterocycles. The number of ketones is 1. The Hall–Kier alpha value is -2.56. The van der Waals surface area contributed by atoms with E-state index in [1.807, 2.05) is 6.92 Å². The first kappa shape index (κ1) is 13.9. The quantitative estimate of drug-likeness (QED) is 0.821. The van der Waals surface area contributed by atoms with E-state index in [2.05, 4.69) is 0 Å². The maximum Gasteiger partial charge on any atom is 0.270 e. The molecule has 20 heavy (non-hydrogen) atoms. The van der Waals surface area contributed by atoms with Gasteiger partial charge in [0.2, 0.25) is 0 Å². The number of Topliss-reactive ketones (excluding diaryl/α,β-unsaturated/α-hetero) is 1. The van der Waals surface area contributed by atoms with E-state index in [-0.39, 0.29) is 22.7 Å². The third kappa shape index (κ3) is 2.18. The number of hydrogen-bond donors (Lipinski definition) is 2. The van der Waals surface area contributed by atoms with E-state index in [0.717, 1.165) is 5.56 Å². The van der Waals surface area contributed by atoms with Crippen LogP contribution in [0.5, 0.6) is 11.5 Å². The van der Waals surface area contributed by atoms with Crippen LogP contribution in [0.4, 0.5) is 0 Å². The molecule has 1 aromatic carbocycles. The molecular formula is C15H15NO4. The van der Waals surface area contributed by atoms with Crippen molar-refractivity contribution in [2.45, 2.75) is 20.8 Å². The Bertz CT molecular complexity index is 759. The standard InChI is InChI=1S/C15H15NO4/c1-8-4-5-12(18)11(6-8)16-9(2)7-13(19)14(10(3)17)15(16)20/h4-7,18-19H,1-3H3. The predicted octanol–water partition coefficient (Wildman–Crippen LogP) is 2.07. The summed E-state index contributed by atoms with van der Waals surface area (Å²) in [7, 11) is 0. The van der Waals surface area contributed by atoms with Crippen molar-refractivity contribution in [2.24, 2.45) is 0 Å². The van der Waals surface area contributed by atoms with Gasteiger partial charge in [0.15, 0.2) is 5.78 Å². The summed E-state index contributed by atoms with van der Waals surface area (Å²) in [5.74, 6) is -0.933. The normalized spacial score (nSPS) is 10.6. The minimum atomic E-state index is -0.643. The molecule has 5 heteroatoms. The van der Waals surface area contributed by atoms with Crippen molar-refractivity contribution in [1.82, 2.24) is 4.57 Å². The van der Waals surface area contributed by atoms with Crippen molar-refractivity contribution >= 4 is 5.78 Å². The predicted molar refractivity (Wildman–Crippen MR) is 74.8 cm³/mol. The lowest BCUT2D eigenvalue weighted by atomic mass is 10.1. The third-order valence-corrected chi connectivity index (χ3v) is 3.10. The molecule has 1 heterocycles. The molecule has 0 saturated heterocycles. The summed E-state index contributed by atoms with van der Waals surface area (Å²) in [6, 6.07) is 6.17. The van der Waals surface area contributed by atoms with Crippen molar-refractivity contribution in [3.8, 4) is 17.2 Å². The number of rotatable bonds is 2. The molecule has 104 valence electrons. The fourth-order valence-electron chi connectivity index (χ4n) is 2.16. The van der Waals surface area contributed by atoms with Gasteiger partial charge in [-0.1, -0.05) is 6.07 Å². The van der Waals surface area contributed by atoms with Gasteiger partial charge in [-0.15, -0.1) is 0 Å². The van der Waals surface area contributed by atoms with Crippen LogP contribution in [-0.4, -0.2) is 20.6 Å². The van der Waals surface area contributed by atoms with Gasteiger partial charge in [0.25, 0.3) is 5.56 Å². The summed E-state index contributed by atoms with van der Waals surface area (Å²) >= 11 is 0. The first-order valence-electron chi connectivity index (χ1n) is 6.09. The summed E-state index contributed by atoms with van der Waals surface area (Å²) in [6.07, 6.45) is 0. The molecule has 0 bridgehead atoms. The van der Waals surface area contributed by atoms with Crippen LogP contribution >= 0.6 is 0 Å². The van der Waals surface area contributed by atoms with Gasteiger partial charge in [0, 0.05) is 11.8 Å². The van der Waals surface area contributed by atoms with Crippen molar-refractivity contribution in [3.05, 3.63) is 51.4 Å². The number of aromatic hydroxyl groups is 2. The highest BCUT2D eigenvalue weighted by atomic mass is 16.3. The van der Waals surface area contributed by atoms with E-state index in [1.54, 1.807) is 19.1 Å². The molecule has 2 rings (SSSR count). The number of aryl methyl sites for hydroxylation is 2. The van der Waals surface area contributed by atoms with E-state index < -0.39 is 11.3 Å². The second kappa shape index (κ2) is 4.85. The molecule has 5 nitrogen and oxygen atoms in total. The maximum atomic E-state index is 12.4. The van der Waals surface area contributed by atoms with Gasteiger partial charge in [-0.05, 0) is 38.5 Å². The molecule has 0 atom stereocenters. The molecule has 2 N–H and O–H groups in total. The summed E-state index contributed by atoms with van der Waals surface area (Å²) in [6.45, 7) is 4.66. The van der Waals surface area contributed by atoms with Crippen LogP contribution in [0.3, 0.4) is 0 Å². The molecule has 0 aliphatic rings. The van der Waals surface area contributed by atoms with Crippen molar-refractivity contribution in [1.29, 1.82) is 0 Å². The Morgan fingerprint density at radius 2 is 1.75 bits per heavy atom. The summed E-state index contributed by atoms with van der Waals surface area (Å²) in [5.41, 5.74) is 0.655. The lowest BCUT2D eigenvalue weighted by molar-refractivity contribution is 0.101. The van der Waals surface area contributed by atoms with Crippen LogP contribution in [-0.2, 0) is 0 Å². The lowest BCUT2D eigenvalue weighted by Gasteiger charge is -2.14. The van der Waals surface area contributed by atoms with Crippen LogP contribution in [0.15, 0.2) is 29.1 Å². The highest BCUT2D eigenvalue weighted by molar-refractivity contribution is 5.96. The highest BCUT2D eigenvalue weighted by Gasteiger charge is 2.18. The molecule has 0 unspecified atom stereocenters. The van der Waals surface area contributed by atoms with Crippen molar-refractivity contribution < 1.29 is 15.0 Å². The molecule has 0 amide bonds. The van der Waals surface area contributed by atoms with Crippen LogP contribution < -0.4 is 5.56 Å². The summed E-state index contributed by atoms with van der Waals surface area (Å²) in [4.78, 5) is 23.9. The van der Waals surface area contributed by atoms with Crippen molar-refractivity contribution in [2.75, 3.05) is 0 Å². The second-order valence-corrected chi connectivity index (χ2v) is 4.73. The number of aromatic nitrogens is 1. The number of phenolic OH excluding ortho intramolecular Hbond substituents is 1. The van der Waals surface area contributed by atoms with Crippen LogP contribution in [0.1, 0.15) is 28.5 Å². The fourth-order valence-corrected chi connectivity index (χ4v) is 2.16. The van der Waals surface area contributed by atoms with Crippen LogP contribution in [0.25, 0.3) is 5.69 Å². The number of pyridine rings is 1. The monoisotopic (exact) mass is 273 g/mol. The van der Waals surface area contributed by atoms with Crippen LogP contribution in [0, 0.1) is 13.8 Å². The molecule has 0 saturated carbocycles. The van der Waals surface area contributed by atoms with E-state index in [1.165, 1.54) is 23.6 Å². The molecule has 2 aromatic rings. The van der Waals surface area contributed by atoms with E-state index in [0.29, 0.717) is 5.69 Å². The minimum Gasteiger partial charge on any atom is -0.507 e. The number of nitrogens with zero attached hydrogens (tertiary/aromatic N) is 1. The Kier molecular flexibility index (Phi) is 3.36. The Balaban J connectivity index is 2.88. The van der Waals surface area contributed by atoms with Gasteiger partial charge < -0.3 is 10.2 Å². The first-order valence-corrected chi connectivity index (χ1v) is 6.09. The molecule has 0 aliphatic carbocycles. The largest absolute Gasteiger partial charge is 0.507 e. The second-order valence-electron chi connectivity index (χ2n) is 4.73. The zero-order chi connectivity index (χ0) is 15.0. The Morgan fingerprint density at radius 1 is 1.10 bits per heavy atom. The number of benzene rings is 1. The lowest BCUT2D eigenvalue weighted by Crippen LogP contribution is -2.26. The SMILES string of the molecule is CC(=O)c1c(O)cc(C)n(-c2cc(C)ccc2O)c1=O. The highest BCUT2D eigenvalue weighted by Crippen LogP contribution is 2.25. The number of hydrogen-bond acceptors (Lipinski definition) is 4. The molecular weight excluding hydrogens is 258 g/mol. The van der Waals surface area contributed by atoms with Gasteiger partial charge in [0.1, 0.15) is 17.1 Å². The van der Waals surface area contributed by atoms with E-state index >= 15 is 0 Å². The molecule has 0 spiro atoms. The third-order valence-electron chi connectivity index (χ3n) is 3.10. The van der Waals surface area contributed by atoms with Gasteiger partial charge in [-0.2, -0.15) is 0 Å². The van der Waals surface area contributed by atoms with Gasteiger partial charge >= 0.3 is 0 Å². The molecule has 0 radical (unpaired) electrons. The first-order chi connectivity index (χ1) is 9.32. The Morgan fingerprint density at radius 3 is 2.35 bits per heavy atom. The van der Waals surface area contributed by atoms with Gasteiger partial charge in [0.05, 0.1) is 5.69 Å². The Labute approximate surface area is 115 Å². The average molecular weight is 273 g/mol. The maximum absolute atomic E-state index is 12.4. The molecule has 0 aliphatic heterocycles. The van der Waals surface area contributed by atoms with Crippen molar-refractivity contribution in [3.63, 3.8) is 0 Å². The number of carbonyl (C=O) groups excluding carboxylic acids is 1. The zero-order valence-electron chi connectivity index (χ0n) is 11.5. The smallest absolute Gasteiger partial charge is 0.270 e. The zero-order valence-corrected chi connectivity index (χ0v) is 11.5. The average Bonchev–Trinajstić information content (AvgIpc) is 2.32. The van der Waals surface area contributed by atoms with Gasteiger partial charge in [-0.25, -0.2) is 0 Å².